The number of nitrogens with one attached hydrogen (secondary N) is 1. The molecule has 0 radical (unpaired) electrons. The van der Waals surface area contributed by atoms with Crippen molar-refractivity contribution in [2.45, 2.75) is 13.0 Å². The first-order valence-corrected chi connectivity index (χ1v) is 5.46. The Morgan fingerprint density at radius 2 is 2.06 bits per heavy atom. The Balaban J connectivity index is 2.25. The quantitative estimate of drug-likeness (QED) is 0.856. The van der Waals surface area contributed by atoms with Gasteiger partial charge in [0.1, 0.15) is 6.04 Å². The van der Waals surface area contributed by atoms with Gasteiger partial charge in [-0.25, -0.2) is 0 Å². The first kappa shape index (κ1) is 12.0. The first-order valence-electron chi connectivity index (χ1n) is 5.46. The van der Waals surface area contributed by atoms with Gasteiger partial charge >= 0.3 is 5.97 Å². The van der Waals surface area contributed by atoms with E-state index in [0.717, 1.165) is 10.9 Å². The molecule has 1 heterocycles. The summed E-state index contributed by atoms with van der Waals surface area (Å²) >= 11 is 0. The number of carbonyl (C=O) groups excluding carboxylic acids is 1. The Morgan fingerprint density at radius 1 is 1.33 bits per heavy atom. The molecule has 5 nitrogen and oxygen atoms in total. The zero-order valence-electron chi connectivity index (χ0n) is 9.75. The summed E-state index contributed by atoms with van der Waals surface area (Å²) in [5.74, 6) is -1.51. The van der Waals surface area contributed by atoms with Gasteiger partial charge in [0.05, 0.1) is 11.1 Å². The molecule has 1 aromatic heterocycles. The molecule has 0 aliphatic heterocycles. The van der Waals surface area contributed by atoms with Crippen molar-refractivity contribution in [3.8, 4) is 0 Å². The smallest absolute Gasteiger partial charge is 0.325 e. The van der Waals surface area contributed by atoms with Crippen LogP contribution in [0.1, 0.15) is 17.3 Å². The molecule has 0 fully saturated rings. The fourth-order valence-electron chi connectivity index (χ4n) is 1.54. The monoisotopic (exact) mass is 244 g/mol. The summed E-state index contributed by atoms with van der Waals surface area (Å²) in [6, 6.07) is 8.17. The van der Waals surface area contributed by atoms with Crippen LogP contribution in [0.3, 0.4) is 0 Å². The maximum Gasteiger partial charge on any atom is 0.325 e. The van der Waals surface area contributed by atoms with Crippen LogP contribution in [0, 0.1) is 0 Å². The number of nitrogens with zero attached hydrogens (tertiary/aromatic N) is 1. The van der Waals surface area contributed by atoms with Crippen LogP contribution in [0.5, 0.6) is 0 Å². The molecule has 18 heavy (non-hydrogen) atoms. The Morgan fingerprint density at radius 3 is 2.78 bits per heavy atom. The van der Waals surface area contributed by atoms with E-state index in [4.69, 9.17) is 5.11 Å². The number of carboxylic acid groups (broad SMARTS) is 1. The number of carboxylic acids is 1. The summed E-state index contributed by atoms with van der Waals surface area (Å²) in [5, 5.41) is 11.9. The second-order valence-electron chi connectivity index (χ2n) is 3.95. The summed E-state index contributed by atoms with van der Waals surface area (Å²) in [4.78, 5) is 26.6. The zero-order valence-corrected chi connectivity index (χ0v) is 9.75. The van der Waals surface area contributed by atoms with E-state index in [9.17, 15) is 9.59 Å². The molecular weight excluding hydrogens is 232 g/mol. The number of hydrogen-bond donors (Lipinski definition) is 2. The lowest BCUT2D eigenvalue weighted by molar-refractivity contribution is -0.138. The fourth-order valence-corrected chi connectivity index (χ4v) is 1.54. The Kier molecular flexibility index (Phi) is 3.23. The topological polar surface area (TPSA) is 79.3 Å². The maximum absolute atomic E-state index is 11.8. The zero-order chi connectivity index (χ0) is 13.1. The molecule has 0 aliphatic carbocycles. The molecule has 1 amide bonds. The second-order valence-corrected chi connectivity index (χ2v) is 3.95. The third-order valence-corrected chi connectivity index (χ3v) is 2.57. The molecule has 92 valence electrons. The molecule has 2 N–H and O–H groups in total. The number of carbonyl (C=O) groups is 2. The van der Waals surface area contributed by atoms with E-state index < -0.39 is 17.9 Å². The highest BCUT2D eigenvalue weighted by Crippen LogP contribution is 2.12. The van der Waals surface area contributed by atoms with Gasteiger partial charge in [0, 0.05) is 11.6 Å². The van der Waals surface area contributed by atoms with Gasteiger partial charge in [-0.05, 0) is 19.1 Å². The van der Waals surface area contributed by atoms with Crippen molar-refractivity contribution < 1.29 is 14.7 Å². The van der Waals surface area contributed by atoms with Crippen molar-refractivity contribution in [2.75, 3.05) is 0 Å². The van der Waals surface area contributed by atoms with Crippen molar-refractivity contribution in [2.24, 2.45) is 0 Å². The molecule has 1 atom stereocenters. The summed E-state index contributed by atoms with van der Waals surface area (Å²) < 4.78 is 0. The van der Waals surface area contributed by atoms with Gasteiger partial charge in [0.15, 0.2) is 0 Å². The molecule has 2 aromatic rings. The molecular formula is C13H12N2O3. The lowest BCUT2D eigenvalue weighted by Crippen LogP contribution is -2.38. The van der Waals surface area contributed by atoms with Crippen molar-refractivity contribution in [3.05, 3.63) is 42.1 Å². The number of aliphatic carboxylic acids is 1. The van der Waals surface area contributed by atoms with Crippen LogP contribution in [0.25, 0.3) is 10.9 Å². The largest absolute Gasteiger partial charge is 0.480 e. The number of fused-ring (bicyclic) bond motifs is 1. The normalized spacial score (nSPS) is 12.1. The Hall–Kier alpha value is -2.43. The molecule has 0 bridgehead atoms. The minimum Gasteiger partial charge on any atom is -0.480 e. The maximum atomic E-state index is 11.8. The van der Waals surface area contributed by atoms with Crippen LogP contribution in [-0.2, 0) is 4.79 Å². The van der Waals surface area contributed by atoms with Gasteiger partial charge in [-0.1, -0.05) is 18.2 Å². The van der Waals surface area contributed by atoms with Crippen molar-refractivity contribution in [3.63, 3.8) is 0 Å². The number of benzene rings is 1. The number of para-hydroxylation sites is 1. The molecule has 0 saturated carbocycles. The highest BCUT2D eigenvalue weighted by Gasteiger charge is 2.15. The summed E-state index contributed by atoms with van der Waals surface area (Å²) in [5.41, 5.74) is 1.14. The van der Waals surface area contributed by atoms with Crippen molar-refractivity contribution in [1.82, 2.24) is 10.3 Å². The second kappa shape index (κ2) is 4.83. The first-order chi connectivity index (χ1) is 8.58. The highest BCUT2D eigenvalue weighted by atomic mass is 16.4. The van der Waals surface area contributed by atoms with Gasteiger partial charge in [0.25, 0.3) is 5.91 Å². The minimum atomic E-state index is -1.07. The van der Waals surface area contributed by atoms with Crippen LogP contribution in [0.15, 0.2) is 36.5 Å². The third-order valence-electron chi connectivity index (χ3n) is 2.57. The number of hydrogen-bond acceptors (Lipinski definition) is 3. The molecule has 1 unspecified atom stereocenters. The van der Waals surface area contributed by atoms with Gasteiger partial charge in [-0.3, -0.25) is 14.6 Å². The van der Waals surface area contributed by atoms with E-state index in [1.165, 1.54) is 13.1 Å². The number of pyridine rings is 1. The molecule has 1 aromatic carbocycles. The molecule has 0 spiro atoms. The highest BCUT2D eigenvalue weighted by molar-refractivity contribution is 5.98. The predicted molar refractivity (Wildman–Crippen MR) is 66.3 cm³/mol. The number of rotatable bonds is 3. The minimum absolute atomic E-state index is 0.349. The standard InChI is InChI=1S/C13H12N2O3/c1-8(13(17)18)15-12(16)10-6-9-4-2-3-5-11(9)14-7-10/h2-8H,1H3,(H,15,16)(H,17,18). The molecule has 5 heteroatoms. The number of aromatic nitrogens is 1. The van der Waals surface area contributed by atoms with Gasteiger partial charge in [0.2, 0.25) is 0 Å². The average molecular weight is 244 g/mol. The van der Waals surface area contributed by atoms with E-state index in [1.54, 1.807) is 6.07 Å². The van der Waals surface area contributed by atoms with Crippen LogP contribution in [-0.4, -0.2) is 28.0 Å². The average Bonchev–Trinajstić information content (AvgIpc) is 2.37. The van der Waals surface area contributed by atoms with Crippen LogP contribution < -0.4 is 5.32 Å². The number of amides is 1. The Bertz CT molecular complexity index is 610. The van der Waals surface area contributed by atoms with Gasteiger partial charge in [-0.15, -0.1) is 0 Å². The van der Waals surface area contributed by atoms with E-state index in [-0.39, 0.29) is 0 Å². The van der Waals surface area contributed by atoms with E-state index in [1.807, 2.05) is 24.3 Å². The van der Waals surface area contributed by atoms with Crippen LogP contribution in [0.2, 0.25) is 0 Å². The Labute approximate surface area is 103 Å². The summed E-state index contributed by atoms with van der Waals surface area (Å²) in [6.07, 6.45) is 1.44. The summed E-state index contributed by atoms with van der Waals surface area (Å²) in [7, 11) is 0. The van der Waals surface area contributed by atoms with E-state index >= 15 is 0 Å². The van der Waals surface area contributed by atoms with Crippen LogP contribution >= 0.6 is 0 Å². The SMILES string of the molecule is CC(NC(=O)c1cnc2ccccc2c1)C(=O)O. The lowest BCUT2D eigenvalue weighted by atomic mass is 10.1. The van der Waals surface area contributed by atoms with E-state index in [2.05, 4.69) is 10.3 Å². The molecule has 2 rings (SSSR count). The van der Waals surface area contributed by atoms with Crippen LogP contribution in [0.4, 0.5) is 0 Å². The molecule has 0 aliphatic rings. The molecule has 0 saturated heterocycles. The van der Waals surface area contributed by atoms with Crippen molar-refractivity contribution >= 4 is 22.8 Å². The van der Waals surface area contributed by atoms with E-state index in [0.29, 0.717) is 5.56 Å². The van der Waals surface area contributed by atoms with Gasteiger partial charge < -0.3 is 10.4 Å². The third kappa shape index (κ3) is 2.45. The fraction of sp³-hybridized carbons (Fsp3) is 0.154. The predicted octanol–water partition coefficient (Wildman–Crippen LogP) is 1.44. The lowest BCUT2D eigenvalue weighted by Gasteiger charge is -2.09. The summed E-state index contributed by atoms with van der Waals surface area (Å²) in [6.45, 7) is 1.41. The van der Waals surface area contributed by atoms with Crippen molar-refractivity contribution in [1.29, 1.82) is 0 Å². The van der Waals surface area contributed by atoms with Gasteiger partial charge in [-0.2, -0.15) is 0 Å².